The number of halogens is 1. The van der Waals surface area contributed by atoms with Gasteiger partial charge in [-0.25, -0.2) is 0 Å². The molecule has 0 amide bonds. The Bertz CT molecular complexity index is 294. The van der Waals surface area contributed by atoms with Crippen LogP contribution in [0.15, 0.2) is 18.2 Å². The first-order valence-corrected chi connectivity index (χ1v) is 4.16. The van der Waals surface area contributed by atoms with Crippen LogP contribution in [0.25, 0.3) is 0 Å². The van der Waals surface area contributed by atoms with Crippen molar-refractivity contribution < 1.29 is 9.90 Å². The number of hydrogen-bond acceptors (Lipinski definition) is 2. The highest BCUT2D eigenvalue weighted by molar-refractivity contribution is 14.1. The Morgan fingerprint density at radius 2 is 2.18 bits per heavy atom. The van der Waals surface area contributed by atoms with Crippen molar-refractivity contribution in [2.24, 2.45) is 0 Å². The monoisotopic (exact) mass is 261 g/mol. The van der Waals surface area contributed by atoms with Gasteiger partial charge in [0, 0.05) is 9.13 Å². The number of hydrogen-bond donors (Lipinski definition) is 0. The summed E-state index contributed by atoms with van der Waals surface area (Å²) < 4.78 is 1.03. The van der Waals surface area contributed by atoms with E-state index in [9.17, 15) is 9.90 Å². The average Bonchev–Trinajstić information content (AvgIpc) is 1.85. The maximum absolute atomic E-state index is 10.4. The molecule has 0 radical (unpaired) electrons. The molecule has 1 aromatic carbocycles. The predicted octanol–water partition coefficient (Wildman–Crippen LogP) is 0.963. The van der Waals surface area contributed by atoms with Gasteiger partial charge in [-0.2, -0.15) is 0 Å². The van der Waals surface area contributed by atoms with Gasteiger partial charge in [0.1, 0.15) is 0 Å². The quantitative estimate of drug-likeness (QED) is 0.706. The molecule has 0 aliphatic heterocycles. The third-order valence-corrected chi connectivity index (χ3v) is 2.08. The summed E-state index contributed by atoms with van der Waals surface area (Å²) in [5, 5.41) is 10.4. The summed E-state index contributed by atoms with van der Waals surface area (Å²) in [5.74, 6) is -1.11. The number of benzene rings is 1. The SMILES string of the molecule is Cc1cc(I)ccc1C(=O)[O-]. The van der Waals surface area contributed by atoms with Gasteiger partial charge in [0.05, 0.1) is 5.97 Å². The molecule has 0 heterocycles. The van der Waals surface area contributed by atoms with E-state index in [2.05, 4.69) is 22.6 Å². The fourth-order valence-electron chi connectivity index (χ4n) is 0.856. The topological polar surface area (TPSA) is 40.1 Å². The summed E-state index contributed by atoms with van der Waals surface area (Å²) in [6.07, 6.45) is 0. The first-order chi connectivity index (χ1) is 5.11. The van der Waals surface area contributed by atoms with Gasteiger partial charge in [0.2, 0.25) is 0 Å². The van der Waals surface area contributed by atoms with Crippen molar-refractivity contribution in [1.29, 1.82) is 0 Å². The van der Waals surface area contributed by atoms with Crippen LogP contribution in [0.4, 0.5) is 0 Å². The molecule has 0 fully saturated rings. The van der Waals surface area contributed by atoms with E-state index >= 15 is 0 Å². The van der Waals surface area contributed by atoms with Crippen molar-refractivity contribution >= 4 is 28.6 Å². The van der Waals surface area contributed by atoms with Gasteiger partial charge >= 0.3 is 0 Å². The molecule has 11 heavy (non-hydrogen) atoms. The largest absolute Gasteiger partial charge is 0.545 e. The second-order valence-corrected chi connectivity index (χ2v) is 3.49. The lowest BCUT2D eigenvalue weighted by Crippen LogP contribution is -2.23. The number of aryl methyl sites for hydroxylation is 1. The van der Waals surface area contributed by atoms with Crippen LogP contribution in [-0.2, 0) is 0 Å². The minimum absolute atomic E-state index is 0.269. The Kier molecular flexibility index (Phi) is 2.49. The minimum Gasteiger partial charge on any atom is -0.545 e. The Labute approximate surface area is 78.4 Å². The lowest BCUT2D eigenvalue weighted by atomic mass is 10.1. The lowest BCUT2D eigenvalue weighted by Gasteiger charge is -2.05. The maximum atomic E-state index is 10.4. The highest BCUT2D eigenvalue weighted by Gasteiger charge is 1.97. The zero-order chi connectivity index (χ0) is 8.43. The summed E-state index contributed by atoms with van der Waals surface area (Å²) in [6.45, 7) is 1.76. The van der Waals surface area contributed by atoms with E-state index in [0.29, 0.717) is 0 Å². The molecule has 1 rings (SSSR count). The van der Waals surface area contributed by atoms with Crippen LogP contribution in [0.5, 0.6) is 0 Å². The van der Waals surface area contributed by atoms with Crippen LogP contribution in [-0.4, -0.2) is 5.97 Å². The van der Waals surface area contributed by atoms with E-state index < -0.39 is 5.97 Å². The Balaban J connectivity index is 3.20. The van der Waals surface area contributed by atoms with E-state index in [4.69, 9.17) is 0 Å². The molecule has 2 nitrogen and oxygen atoms in total. The molecule has 0 aliphatic rings. The number of carboxylic acids is 1. The zero-order valence-corrected chi connectivity index (χ0v) is 8.08. The van der Waals surface area contributed by atoms with Crippen LogP contribution in [0.2, 0.25) is 0 Å². The molecule has 0 N–H and O–H groups in total. The van der Waals surface area contributed by atoms with Crippen molar-refractivity contribution in [2.75, 3.05) is 0 Å². The molecular weight excluding hydrogens is 255 g/mol. The number of carbonyl (C=O) groups excluding carboxylic acids is 1. The first kappa shape index (κ1) is 8.52. The van der Waals surface area contributed by atoms with Crippen molar-refractivity contribution in [3.05, 3.63) is 32.9 Å². The van der Waals surface area contributed by atoms with Crippen LogP contribution >= 0.6 is 22.6 Å². The van der Waals surface area contributed by atoms with E-state index in [1.807, 2.05) is 6.07 Å². The van der Waals surface area contributed by atoms with Gasteiger partial charge in [0.25, 0.3) is 0 Å². The van der Waals surface area contributed by atoms with Crippen LogP contribution < -0.4 is 5.11 Å². The molecule has 0 aliphatic carbocycles. The molecule has 58 valence electrons. The second kappa shape index (κ2) is 3.21. The Morgan fingerprint density at radius 3 is 2.64 bits per heavy atom. The molecule has 1 aromatic rings. The highest BCUT2D eigenvalue weighted by atomic mass is 127. The number of carboxylic acid groups (broad SMARTS) is 1. The van der Waals surface area contributed by atoms with Gasteiger partial charge in [-0.3, -0.25) is 0 Å². The van der Waals surface area contributed by atoms with E-state index in [-0.39, 0.29) is 5.56 Å². The summed E-state index contributed by atoms with van der Waals surface area (Å²) in [7, 11) is 0. The van der Waals surface area contributed by atoms with Gasteiger partial charge < -0.3 is 9.90 Å². The van der Waals surface area contributed by atoms with Crippen molar-refractivity contribution in [1.82, 2.24) is 0 Å². The normalized spacial score (nSPS) is 9.64. The number of rotatable bonds is 1. The third kappa shape index (κ3) is 1.92. The molecular formula is C8H6IO2-. The van der Waals surface area contributed by atoms with Crippen LogP contribution in [0.1, 0.15) is 15.9 Å². The van der Waals surface area contributed by atoms with E-state index in [1.165, 1.54) is 0 Å². The molecule has 0 aromatic heterocycles. The molecule has 0 saturated carbocycles. The maximum Gasteiger partial charge on any atom is 0.0717 e. The number of carbonyl (C=O) groups is 1. The standard InChI is InChI=1S/C8H7IO2/c1-5-4-6(9)2-3-7(5)8(10)11/h2-4H,1H3,(H,10,11)/p-1. The molecule has 0 unspecified atom stereocenters. The Morgan fingerprint density at radius 1 is 1.55 bits per heavy atom. The Hall–Kier alpha value is -0.580. The molecule has 3 heteroatoms. The summed E-state index contributed by atoms with van der Waals surface area (Å²) in [5.41, 5.74) is 1.02. The zero-order valence-electron chi connectivity index (χ0n) is 5.93. The fraction of sp³-hybridized carbons (Fsp3) is 0.125. The summed E-state index contributed by atoms with van der Waals surface area (Å²) >= 11 is 2.13. The average molecular weight is 261 g/mol. The van der Waals surface area contributed by atoms with Crippen molar-refractivity contribution in [3.63, 3.8) is 0 Å². The lowest BCUT2D eigenvalue weighted by molar-refractivity contribution is -0.255. The first-order valence-electron chi connectivity index (χ1n) is 3.09. The van der Waals surface area contributed by atoms with Gasteiger partial charge in [-0.15, -0.1) is 0 Å². The van der Waals surface area contributed by atoms with Crippen LogP contribution in [0.3, 0.4) is 0 Å². The minimum atomic E-state index is -1.11. The molecule has 0 bridgehead atoms. The van der Waals surface area contributed by atoms with E-state index in [0.717, 1.165) is 9.13 Å². The second-order valence-electron chi connectivity index (χ2n) is 2.25. The molecule has 0 saturated heterocycles. The van der Waals surface area contributed by atoms with Gasteiger partial charge in [0.15, 0.2) is 0 Å². The smallest absolute Gasteiger partial charge is 0.0717 e. The number of aromatic carboxylic acids is 1. The predicted molar refractivity (Wildman–Crippen MR) is 48.2 cm³/mol. The van der Waals surface area contributed by atoms with Gasteiger partial charge in [-0.05, 0) is 47.2 Å². The van der Waals surface area contributed by atoms with Crippen molar-refractivity contribution in [3.8, 4) is 0 Å². The highest BCUT2D eigenvalue weighted by Crippen LogP contribution is 2.11. The van der Waals surface area contributed by atoms with Crippen molar-refractivity contribution in [2.45, 2.75) is 6.92 Å². The molecule has 0 spiro atoms. The van der Waals surface area contributed by atoms with Gasteiger partial charge in [-0.1, -0.05) is 6.07 Å². The van der Waals surface area contributed by atoms with Crippen LogP contribution in [0, 0.1) is 10.5 Å². The van der Waals surface area contributed by atoms with E-state index in [1.54, 1.807) is 19.1 Å². The summed E-state index contributed by atoms with van der Waals surface area (Å²) in [6, 6.07) is 5.12. The fourth-order valence-corrected chi connectivity index (χ4v) is 1.50. The third-order valence-electron chi connectivity index (χ3n) is 1.41. The molecule has 0 atom stereocenters. The summed E-state index contributed by atoms with van der Waals surface area (Å²) in [4.78, 5) is 10.4.